The molecule has 20 heavy (non-hydrogen) atoms. The van der Waals surface area contributed by atoms with E-state index in [0.29, 0.717) is 13.2 Å². The standard InChI is InChI=1S/C15H28NO3P/c1-3-18-20(17,19-4-2)14(16)15-8-11-5-12(9-15)7-13(6-11)10-15/h11-14H,3-10,16H2,1-2H3/t11?,12?,13?,14-,15?/m1/s1. The second-order valence-electron chi connectivity index (χ2n) is 7.10. The van der Waals surface area contributed by atoms with Gasteiger partial charge < -0.3 is 14.8 Å². The molecule has 116 valence electrons. The molecule has 0 aliphatic heterocycles. The highest BCUT2D eigenvalue weighted by Crippen LogP contribution is 2.68. The molecular formula is C15H28NO3P. The Morgan fingerprint density at radius 1 is 1.05 bits per heavy atom. The quantitative estimate of drug-likeness (QED) is 0.759. The Hall–Kier alpha value is 0.110. The van der Waals surface area contributed by atoms with Gasteiger partial charge in [0.05, 0.1) is 13.2 Å². The number of nitrogens with two attached hydrogens (primary N) is 1. The van der Waals surface area contributed by atoms with Crippen LogP contribution in [0.1, 0.15) is 52.4 Å². The van der Waals surface area contributed by atoms with Crippen LogP contribution in [0.5, 0.6) is 0 Å². The fourth-order valence-electron chi connectivity index (χ4n) is 5.43. The molecule has 1 atom stereocenters. The summed E-state index contributed by atoms with van der Waals surface area (Å²) >= 11 is 0. The topological polar surface area (TPSA) is 61.5 Å². The van der Waals surface area contributed by atoms with E-state index in [-0.39, 0.29) is 5.41 Å². The van der Waals surface area contributed by atoms with Gasteiger partial charge in [0.2, 0.25) is 0 Å². The fraction of sp³-hybridized carbons (Fsp3) is 1.00. The first kappa shape index (κ1) is 15.0. The lowest BCUT2D eigenvalue weighted by atomic mass is 9.49. The maximum Gasteiger partial charge on any atom is 0.347 e. The van der Waals surface area contributed by atoms with Crippen LogP contribution < -0.4 is 5.73 Å². The van der Waals surface area contributed by atoms with Crippen LogP contribution >= 0.6 is 7.60 Å². The molecule has 0 spiro atoms. The Kier molecular flexibility index (Phi) is 4.05. The van der Waals surface area contributed by atoms with Gasteiger partial charge in [-0.15, -0.1) is 0 Å². The second-order valence-corrected chi connectivity index (χ2v) is 9.25. The van der Waals surface area contributed by atoms with E-state index in [9.17, 15) is 4.57 Å². The Labute approximate surface area is 122 Å². The van der Waals surface area contributed by atoms with Crippen molar-refractivity contribution in [1.82, 2.24) is 0 Å². The van der Waals surface area contributed by atoms with E-state index in [4.69, 9.17) is 14.8 Å². The van der Waals surface area contributed by atoms with Gasteiger partial charge in [0, 0.05) is 0 Å². The van der Waals surface area contributed by atoms with Crippen LogP contribution in [0.15, 0.2) is 0 Å². The molecule has 4 nitrogen and oxygen atoms in total. The van der Waals surface area contributed by atoms with E-state index >= 15 is 0 Å². The highest BCUT2D eigenvalue weighted by atomic mass is 31.2. The van der Waals surface area contributed by atoms with E-state index < -0.39 is 13.4 Å². The zero-order valence-corrected chi connectivity index (χ0v) is 13.6. The van der Waals surface area contributed by atoms with Crippen molar-refractivity contribution in [2.75, 3.05) is 13.2 Å². The normalized spacial score (nSPS) is 41.0. The first-order valence-electron chi connectivity index (χ1n) is 8.15. The molecule has 0 aromatic carbocycles. The van der Waals surface area contributed by atoms with Crippen molar-refractivity contribution in [2.24, 2.45) is 28.9 Å². The molecule has 4 rings (SSSR count). The maximum atomic E-state index is 13.1. The van der Waals surface area contributed by atoms with Crippen molar-refractivity contribution >= 4 is 7.60 Å². The van der Waals surface area contributed by atoms with Crippen LogP contribution in [0.3, 0.4) is 0 Å². The summed E-state index contributed by atoms with van der Waals surface area (Å²) in [4.78, 5) is 0. The Bertz CT molecular complexity index is 367. The lowest BCUT2D eigenvalue weighted by Crippen LogP contribution is -2.54. The van der Waals surface area contributed by atoms with E-state index in [0.717, 1.165) is 37.0 Å². The molecule has 0 aromatic rings. The Morgan fingerprint density at radius 3 is 1.80 bits per heavy atom. The van der Waals surface area contributed by atoms with Crippen molar-refractivity contribution in [2.45, 2.75) is 58.2 Å². The first-order chi connectivity index (χ1) is 9.51. The predicted octanol–water partition coefficient (Wildman–Crippen LogP) is 3.75. The van der Waals surface area contributed by atoms with Crippen LogP contribution in [0.25, 0.3) is 0 Å². The van der Waals surface area contributed by atoms with Crippen molar-refractivity contribution in [3.05, 3.63) is 0 Å². The molecule has 2 N–H and O–H groups in total. The Morgan fingerprint density at radius 2 is 1.45 bits per heavy atom. The largest absolute Gasteiger partial charge is 0.347 e. The fourth-order valence-corrected chi connectivity index (χ4v) is 7.54. The average molecular weight is 301 g/mol. The van der Waals surface area contributed by atoms with E-state index in [1.807, 2.05) is 13.8 Å². The molecule has 4 aliphatic rings. The predicted molar refractivity (Wildman–Crippen MR) is 79.4 cm³/mol. The molecule has 0 amide bonds. The average Bonchev–Trinajstić information content (AvgIpc) is 2.36. The van der Waals surface area contributed by atoms with Crippen LogP contribution in [-0.2, 0) is 13.6 Å². The van der Waals surface area contributed by atoms with Crippen LogP contribution in [0.4, 0.5) is 0 Å². The van der Waals surface area contributed by atoms with Crippen molar-refractivity contribution in [3.8, 4) is 0 Å². The molecule has 0 saturated heterocycles. The van der Waals surface area contributed by atoms with Gasteiger partial charge in [-0.25, -0.2) is 0 Å². The molecule has 4 fully saturated rings. The number of rotatable bonds is 6. The molecule has 5 heteroatoms. The Balaban J connectivity index is 1.85. The summed E-state index contributed by atoms with van der Waals surface area (Å²) < 4.78 is 24.1. The van der Waals surface area contributed by atoms with Crippen molar-refractivity contribution < 1.29 is 13.6 Å². The van der Waals surface area contributed by atoms with Crippen LogP contribution in [0.2, 0.25) is 0 Å². The van der Waals surface area contributed by atoms with Gasteiger partial charge in [0.15, 0.2) is 0 Å². The van der Waals surface area contributed by atoms with Gasteiger partial charge in [-0.3, -0.25) is 4.57 Å². The summed E-state index contributed by atoms with van der Waals surface area (Å²) in [7, 11) is -3.18. The molecule has 0 aromatic heterocycles. The maximum absolute atomic E-state index is 13.1. The minimum atomic E-state index is -3.18. The van der Waals surface area contributed by atoms with E-state index in [1.54, 1.807) is 0 Å². The molecule has 0 radical (unpaired) electrons. The van der Waals surface area contributed by atoms with Crippen LogP contribution in [0, 0.1) is 23.2 Å². The van der Waals surface area contributed by atoms with Gasteiger partial charge in [0.1, 0.15) is 5.78 Å². The lowest BCUT2D eigenvalue weighted by molar-refractivity contribution is -0.0583. The smallest absolute Gasteiger partial charge is 0.317 e. The van der Waals surface area contributed by atoms with Crippen molar-refractivity contribution in [1.29, 1.82) is 0 Å². The number of hydrogen-bond acceptors (Lipinski definition) is 4. The summed E-state index contributed by atoms with van der Waals surface area (Å²) in [5.41, 5.74) is 6.52. The monoisotopic (exact) mass is 301 g/mol. The minimum Gasteiger partial charge on any atom is -0.317 e. The van der Waals surface area contributed by atoms with Gasteiger partial charge in [-0.05, 0) is 75.5 Å². The highest BCUT2D eigenvalue weighted by molar-refractivity contribution is 7.54. The molecule has 4 aliphatic carbocycles. The zero-order valence-electron chi connectivity index (χ0n) is 12.7. The molecule has 0 heterocycles. The molecule has 4 bridgehead atoms. The third-order valence-electron chi connectivity index (χ3n) is 5.67. The summed E-state index contributed by atoms with van der Waals surface area (Å²) in [6.07, 6.45) is 7.47. The SMILES string of the molecule is CCOP(=O)(OCC)[C@@H](N)C12CC3CC(CC(C3)C1)C2. The molecule has 4 saturated carbocycles. The third-order valence-corrected chi connectivity index (χ3v) is 8.14. The van der Waals surface area contributed by atoms with Crippen LogP contribution in [-0.4, -0.2) is 19.0 Å². The third kappa shape index (κ3) is 2.39. The molecule has 0 unspecified atom stereocenters. The molecular weight excluding hydrogens is 273 g/mol. The summed E-state index contributed by atoms with van der Waals surface area (Å²) in [5.74, 6) is 1.94. The van der Waals surface area contributed by atoms with E-state index in [1.165, 1.54) is 19.3 Å². The second kappa shape index (κ2) is 5.39. The van der Waals surface area contributed by atoms with Gasteiger partial charge >= 0.3 is 7.60 Å². The zero-order chi connectivity index (χ0) is 14.4. The summed E-state index contributed by atoms with van der Waals surface area (Å²) in [6, 6.07) is 0. The van der Waals surface area contributed by atoms with Crippen molar-refractivity contribution in [3.63, 3.8) is 0 Å². The van der Waals surface area contributed by atoms with Gasteiger partial charge in [0.25, 0.3) is 0 Å². The minimum absolute atomic E-state index is 0.00855. The highest BCUT2D eigenvalue weighted by Gasteiger charge is 2.58. The van der Waals surface area contributed by atoms with Gasteiger partial charge in [-0.2, -0.15) is 0 Å². The first-order valence-corrected chi connectivity index (χ1v) is 9.77. The summed E-state index contributed by atoms with van der Waals surface area (Å²) in [6.45, 7) is 4.52. The lowest BCUT2D eigenvalue weighted by Gasteiger charge is -2.59. The number of hydrogen-bond donors (Lipinski definition) is 1. The summed E-state index contributed by atoms with van der Waals surface area (Å²) in [5, 5.41) is 0. The van der Waals surface area contributed by atoms with Gasteiger partial charge in [-0.1, -0.05) is 0 Å². The van der Waals surface area contributed by atoms with E-state index in [2.05, 4.69) is 0 Å².